The van der Waals surface area contributed by atoms with Gasteiger partial charge in [0.05, 0.1) is 23.8 Å². The van der Waals surface area contributed by atoms with Gasteiger partial charge in [0.1, 0.15) is 5.75 Å². The van der Waals surface area contributed by atoms with E-state index in [1.807, 2.05) is 64.1 Å². The van der Waals surface area contributed by atoms with Crippen molar-refractivity contribution in [1.82, 2.24) is 4.98 Å². The predicted octanol–water partition coefficient (Wildman–Crippen LogP) is 5.67. The third kappa shape index (κ3) is 5.14. The number of pyridine rings is 1. The van der Waals surface area contributed by atoms with Gasteiger partial charge in [-0.05, 0) is 76.2 Å². The molecule has 28 heavy (non-hydrogen) atoms. The van der Waals surface area contributed by atoms with Crippen LogP contribution in [0.3, 0.4) is 0 Å². The smallest absolute Gasteiger partial charge is 0.338 e. The maximum atomic E-state index is 12.0. The predicted molar refractivity (Wildman–Crippen MR) is 115 cm³/mol. The number of hydrogen-bond acceptors (Lipinski definition) is 5. The van der Waals surface area contributed by atoms with Crippen molar-refractivity contribution in [3.63, 3.8) is 0 Å². The Labute approximate surface area is 171 Å². The van der Waals surface area contributed by atoms with Crippen molar-refractivity contribution in [2.75, 3.05) is 11.9 Å². The molecule has 1 heterocycles. The summed E-state index contributed by atoms with van der Waals surface area (Å²) in [7, 11) is 0. The fourth-order valence-corrected chi connectivity index (χ4v) is 2.82. The molecule has 0 fully saturated rings. The molecule has 3 aromatic rings. The van der Waals surface area contributed by atoms with Crippen LogP contribution in [-0.2, 0) is 4.74 Å². The minimum atomic E-state index is -0.317. The summed E-state index contributed by atoms with van der Waals surface area (Å²) in [6, 6.07) is 15.1. The molecule has 6 heteroatoms. The van der Waals surface area contributed by atoms with Gasteiger partial charge in [-0.1, -0.05) is 0 Å². The molecule has 0 spiro atoms. The van der Waals surface area contributed by atoms with Crippen LogP contribution in [0.25, 0.3) is 10.9 Å². The molecular formula is C22H25ClN2O3. The quantitative estimate of drug-likeness (QED) is 0.540. The van der Waals surface area contributed by atoms with Gasteiger partial charge in [0.2, 0.25) is 0 Å². The lowest BCUT2D eigenvalue weighted by molar-refractivity contribution is 0.0378. The van der Waals surface area contributed by atoms with Gasteiger partial charge < -0.3 is 14.8 Å². The number of carbonyl (C=O) groups is 1. The first-order valence-electron chi connectivity index (χ1n) is 9.08. The van der Waals surface area contributed by atoms with E-state index in [0.717, 1.165) is 33.7 Å². The van der Waals surface area contributed by atoms with E-state index < -0.39 is 0 Å². The number of aryl methyl sites for hydroxylation is 1. The number of nitrogens with one attached hydrogen (secondary N) is 1. The molecule has 0 unspecified atom stereocenters. The van der Waals surface area contributed by atoms with E-state index in [-0.39, 0.29) is 24.5 Å². The first-order chi connectivity index (χ1) is 13.0. The molecule has 0 atom stereocenters. The van der Waals surface area contributed by atoms with Gasteiger partial charge in [-0.25, -0.2) is 4.79 Å². The average Bonchev–Trinajstić information content (AvgIpc) is 2.62. The summed E-state index contributed by atoms with van der Waals surface area (Å²) >= 11 is 0. The molecule has 3 rings (SSSR count). The van der Waals surface area contributed by atoms with Gasteiger partial charge in [0.15, 0.2) is 0 Å². The van der Waals surface area contributed by atoms with Crippen molar-refractivity contribution in [3.05, 3.63) is 59.8 Å². The lowest BCUT2D eigenvalue weighted by Gasteiger charge is -2.13. The minimum Gasteiger partial charge on any atom is -0.494 e. The zero-order valence-electron chi connectivity index (χ0n) is 16.5. The molecule has 0 radical (unpaired) electrons. The Hall–Kier alpha value is -2.79. The van der Waals surface area contributed by atoms with Crippen LogP contribution in [-0.4, -0.2) is 23.7 Å². The molecule has 0 saturated carbocycles. The summed E-state index contributed by atoms with van der Waals surface area (Å²) in [5, 5.41) is 4.40. The van der Waals surface area contributed by atoms with Crippen LogP contribution in [0, 0.1) is 6.92 Å². The number of nitrogens with zero attached hydrogens (tertiary/aromatic N) is 1. The van der Waals surface area contributed by atoms with Crippen LogP contribution >= 0.6 is 12.4 Å². The van der Waals surface area contributed by atoms with Gasteiger partial charge in [-0.15, -0.1) is 12.4 Å². The number of ether oxygens (including phenoxy) is 2. The standard InChI is InChI=1S/C22H24N2O3.ClH/c1-5-26-18-10-11-20-19(13-18)21(12-15(4)23-20)24-17-8-6-16(7-9-17)22(25)27-14(2)3;/h6-14H,5H2,1-4H3,(H,23,24);1H. The SMILES string of the molecule is CCOc1ccc2nc(C)cc(Nc3ccc(C(=O)OC(C)C)cc3)c2c1.Cl. The molecule has 148 valence electrons. The Bertz CT molecular complexity index is 956. The third-order valence-electron chi connectivity index (χ3n) is 3.96. The Morgan fingerprint density at radius 1 is 1.11 bits per heavy atom. The number of carbonyl (C=O) groups excluding carboxylic acids is 1. The zero-order chi connectivity index (χ0) is 19.4. The highest BCUT2D eigenvalue weighted by atomic mass is 35.5. The Balaban J connectivity index is 0.00000280. The van der Waals surface area contributed by atoms with E-state index in [4.69, 9.17) is 9.47 Å². The topological polar surface area (TPSA) is 60.5 Å². The fraction of sp³-hybridized carbons (Fsp3) is 0.273. The summed E-state index contributed by atoms with van der Waals surface area (Å²) in [6.45, 7) is 8.21. The second-order valence-corrected chi connectivity index (χ2v) is 6.58. The number of hydrogen-bond donors (Lipinski definition) is 1. The summed E-state index contributed by atoms with van der Waals surface area (Å²) in [6.07, 6.45) is -0.138. The molecule has 2 aromatic carbocycles. The van der Waals surface area contributed by atoms with Crippen LogP contribution < -0.4 is 10.1 Å². The molecule has 0 aliphatic carbocycles. The maximum Gasteiger partial charge on any atom is 0.338 e. The lowest BCUT2D eigenvalue weighted by Crippen LogP contribution is -2.11. The maximum absolute atomic E-state index is 12.0. The van der Waals surface area contributed by atoms with Crippen LogP contribution in [0.2, 0.25) is 0 Å². The number of fused-ring (bicyclic) bond motifs is 1. The van der Waals surface area contributed by atoms with E-state index >= 15 is 0 Å². The van der Waals surface area contributed by atoms with E-state index in [1.165, 1.54) is 0 Å². The first-order valence-corrected chi connectivity index (χ1v) is 9.08. The van der Waals surface area contributed by atoms with E-state index in [9.17, 15) is 4.79 Å². The lowest BCUT2D eigenvalue weighted by atomic mass is 10.1. The highest BCUT2D eigenvalue weighted by Gasteiger charge is 2.10. The number of halogens is 1. The largest absolute Gasteiger partial charge is 0.494 e. The number of benzene rings is 2. The van der Waals surface area contributed by atoms with E-state index in [2.05, 4.69) is 10.3 Å². The summed E-state index contributed by atoms with van der Waals surface area (Å²) in [5.74, 6) is 0.494. The number of aromatic nitrogens is 1. The van der Waals surface area contributed by atoms with Crippen LogP contribution in [0.1, 0.15) is 36.8 Å². The average molecular weight is 401 g/mol. The number of anilines is 2. The highest BCUT2D eigenvalue weighted by Crippen LogP contribution is 2.29. The van der Waals surface area contributed by atoms with E-state index in [0.29, 0.717) is 12.2 Å². The fourth-order valence-electron chi connectivity index (χ4n) is 2.82. The van der Waals surface area contributed by atoms with Crippen molar-refractivity contribution in [1.29, 1.82) is 0 Å². The van der Waals surface area contributed by atoms with Crippen LogP contribution in [0.15, 0.2) is 48.5 Å². The van der Waals surface area contributed by atoms with Gasteiger partial charge in [-0.2, -0.15) is 0 Å². The second kappa shape index (κ2) is 9.42. The summed E-state index contributed by atoms with van der Waals surface area (Å²) < 4.78 is 10.8. The Morgan fingerprint density at radius 3 is 2.46 bits per heavy atom. The van der Waals surface area contributed by atoms with Gasteiger partial charge in [0.25, 0.3) is 0 Å². The molecule has 1 aromatic heterocycles. The Kier molecular flexibility index (Phi) is 7.24. The molecule has 0 saturated heterocycles. The van der Waals surface area contributed by atoms with Gasteiger partial charge >= 0.3 is 5.97 Å². The van der Waals surface area contributed by atoms with Crippen molar-refractivity contribution in [2.45, 2.75) is 33.8 Å². The van der Waals surface area contributed by atoms with Crippen molar-refractivity contribution >= 4 is 40.7 Å². The van der Waals surface area contributed by atoms with Crippen molar-refractivity contribution < 1.29 is 14.3 Å². The normalized spacial score (nSPS) is 10.5. The van der Waals surface area contributed by atoms with Crippen LogP contribution in [0.4, 0.5) is 11.4 Å². The number of esters is 1. The molecule has 5 nitrogen and oxygen atoms in total. The number of rotatable bonds is 6. The second-order valence-electron chi connectivity index (χ2n) is 6.58. The Morgan fingerprint density at radius 2 is 1.82 bits per heavy atom. The zero-order valence-corrected chi connectivity index (χ0v) is 17.3. The highest BCUT2D eigenvalue weighted by molar-refractivity contribution is 5.95. The molecule has 0 bridgehead atoms. The molecule has 0 aliphatic rings. The summed E-state index contributed by atoms with van der Waals surface area (Å²) in [4.78, 5) is 16.6. The van der Waals surface area contributed by atoms with E-state index in [1.54, 1.807) is 12.1 Å². The molecular weight excluding hydrogens is 376 g/mol. The summed E-state index contributed by atoms with van der Waals surface area (Å²) in [5.41, 5.74) is 4.18. The molecule has 0 amide bonds. The first kappa shape index (κ1) is 21.5. The van der Waals surface area contributed by atoms with Crippen LogP contribution in [0.5, 0.6) is 5.75 Å². The van der Waals surface area contributed by atoms with Gasteiger partial charge in [-0.3, -0.25) is 4.98 Å². The third-order valence-corrected chi connectivity index (χ3v) is 3.96. The van der Waals surface area contributed by atoms with Crippen molar-refractivity contribution in [2.24, 2.45) is 0 Å². The molecule has 1 N–H and O–H groups in total. The minimum absolute atomic E-state index is 0. The monoisotopic (exact) mass is 400 g/mol. The van der Waals surface area contributed by atoms with Gasteiger partial charge in [0, 0.05) is 22.5 Å². The van der Waals surface area contributed by atoms with Crippen molar-refractivity contribution in [3.8, 4) is 5.75 Å². The molecule has 0 aliphatic heterocycles.